The molecule has 3 heteroatoms. The highest BCUT2D eigenvalue weighted by atomic mass is 32.2. The zero-order chi connectivity index (χ0) is 15.5. The van der Waals surface area contributed by atoms with Crippen molar-refractivity contribution in [1.29, 1.82) is 0 Å². The second kappa shape index (κ2) is 6.24. The number of pyridine rings is 1. The van der Waals surface area contributed by atoms with Crippen molar-refractivity contribution in [2.24, 2.45) is 7.05 Å². The summed E-state index contributed by atoms with van der Waals surface area (Å²) in [6.07, 6.45) is 5.82. The Hall–Kier alpha value is -2.26. The number of rotatable bonds is 3. The molecule has 2 nitrogen and oxygen atoms in total. The summed E-state index contributed by atoms with van der Waals surface area (Å²) in [6.45, 7) is 0. The van der Waals surface area contributed by atoms with Crippen molar-refractivity contribution in [2.75, 3.05) is 6.26 Å². The molecule has 0 radical (unpaired) electrons. The molecule has 3 rings (SSSR count). The van der Waals surface area contributed by atoms with Gasteiger partial charge in [0.15, 0.2) is 5.43 Å². The number of thioether (sulfide) groups is 1. The third-order valence-corrected chi connectivity index (χ3v) is 4.35. The predicted octanol–water partition coefficient (Wildman–Crippen LogP) is 4.44. The van der Waals surface area contributed by atoms with Gasteiger partial charge < -0.3 is 4.57 Å². The van der Waals surface area contributed by atoms with E-state index >= 15 is 0 Å². The molecule has 0 aliphatic heterocycles. The Balaban J connectivity index is 2.21. The zero-order valence-corrected chi connectivity index (χ0v) is 13.4. The maximum atomic E-state index is 12.9. The molecule has 0 saturated carbocycles. The molecule has 0 aliphatic carbocycles. The number of hydrogen-bond acceptors (Lipinski definition) is 2. The third-order valence-electron chi connectivity index (χ3n) is 3.62. The van der Waals surface area contributed by atoms with E-state index in [1.165, 1.54) is 0 Å². The number of nitrogens with zero attached hydrogens (tertiary/aromatic N) is 1. The molecular weight excluding hydrogens is 290 g/mol. The van der Waals surface area contributed by atoms with E-state index in [2.05, 4.69) is 12.1 Å². The van der Waals surface area contributed by atoms with E-state index in [0.717, 1.165) is 27.1 Å². The van der Waals surface area contributed by atoms with Crippen LogP contribution >= 0.6 is 11.8 Å². The summed E-state index contributed by atoms with van der Waals surface area (Å²) >= 11 is 1.68. The topological polar surface area (TPSA) is 22.0 Å². The number of aryl methyl sites for hydroxylation is 1. The summed E-state index contributed by atoms with van der Waals surface area (Å²) in [7, 11) is 1.95. The van der Waals surface area contributed by atoms with Gasteiger partial charge in [-0.3, -0.25) is 4.79 Å². The number of aromatic nitrogens is 1. The van der Waals surface area contributed by atoms with Crippen molar-refractivity contribution in [3.8, 4) is 22.3 Å². The molecule has 3 aromatic rings. The van der Waals surface area contributed by atoms with Crippen LogP contribution < -0.4 is 5.43 Å². The van der Waals surface area contributed by atoms with Crippen molar-refractivity contribution in [3.63, 3.8) is 0 Å². The molecule has 0 spiro atoms. The standard InChI is InChI=1S/C19H17NOS/c1-20-12-17(14-7-4-3-5-8-14)19(21)18(13-20)15-9-6-10-16(11-15)22-2/h3-13H,1-2H3. The highest BCUT2D eigenvalue weighted by Gasteiger charge is 2.10. The van der Waals surface area contributed by atoms with Crippen LogP contribution in [0.2, 0.25) is 0 Å². The summed E-state index contributed by atoms with van der Waals surface area (Å²) in [4.78, 5) is 14.1. The van der Waals surface area contributed by atoms with E-state index in [1.54, 1.807) is 11.8 Å². The van der Waals surface area contributed by atoms with E-state index in [1.807, 2.05) is 72.7 Å². The molecule has 0 amide bonds. The highest BCUT2D eigenvalue weighted by Crippen LogP contribution is 2.24. The summed E-state index contributed by atoms with van der Waals surface area (Å²) < 4.78 is 1.95. The minimum Gasteiger partial charge on any atom is -0.356 e. The smallest absolute Gasteiger partial charge is 0.197 e. The lowest BCUT2D eigenvalue weighted by Gasteiger charge is -2.10. The fourth-order valence-electron chi connectivity index (χ4n) is 2.53. The molecule has 2 aromatic carbocycles. The summed E-state index contributed by atoms with van der Waals surface area (Å²) in [5.74, 6) is 0. The van der Waals surface area contributed by atoms with Gasteiger partial charge in [0.2, 0.25) is 0 Å². The van der Waals surface area contributed by atoms with E-state index in [9.17, 15) is 4.79 Å². The maximum absolute atomic E-state index is 12.9. The second-order valence-electron chi connectivity index (χ2n) is 5.18. The zero-order valence-electron chi connectivity index (χ0n) is 12.6. The van der Waals surface area contributed by atoms with E-state index < -0.39 is 0 Å². The first-order valence-electron chi connectivity index (χ1n) is 7.09. The summed E-state index contributed by atoms with van der Waals surface area (Å²) in [5.41, 5.74) is 3.45. The lowest BCUT2D eigenvalue weighted by molar-refractivity contribution is 0.904. The van der Waals surface area contributed by atoms with Gasteiger partial charge in [-0.25, -0.2) is 0 Å². The van der Waals surface area contributed by atoms with E-state index in [4.69, 9.17) is 0 Å². The fraction of sp³-hybridized carbons (Fsp3) is 0.105. The Labute approximate surface area is 134 Å². The largest absolute Gasteiger partial charge is 0.356 e. The van der Waals surface area contributed by atoms with E-state index in [-0.39, 0.29) is 5.43 Å². The molecule has 0 N–H and O–H groups in total. The minimum atomic E-state index is 0.0718. The maximum Gasteiger partial charge on any atom is 0.197 e. The van der Waals surface area contributed by atoms with Gasteiger partial charge in [-0.15, -0.1) is 11.8 Å². The SMILES string of the molecule is CSc1cccc(-c2cn(C)cc(-c3ccccc3)c2=O)c1. The van der Waals surface area contributed by atoms with Crippen molar-refractivity contribution >= 4 is 11.8 Å². The average molecular weight is 307 g/mol. The third kappa shape index (κ3) is 2.85. The molecule has 0 fully saturated rings. The predicted molar refractivity (Wildman–Crippen MR) is 94.3 cm³/mol. The lowest BCUT2D eigenvalue weighted by atomic mass is 10.0. The van der Waals surface area contributed by atoms with Gasteiger partial charge >= 0.3 is 0 Å². The van der Waals surface area contributed by atoms with Crippen molar-refractivity contribution in [3.05, 3.63) is 77.2 Å². The van der Waals surface area contributed by atoms with Crippen LogP contribution in [0.3, 0.4) is 0 Å². The molecule has 0 saturated heterocycles. The van der Waals surface area contributed by atoms with Gasteiger partial charge in [-0.05, 0) is 29.5 Å². The van der Waals surface area contributed by atoms with Gasteiger partial charge in [0.05, 0.1) is 0 Å². The van der Waals surface area contributed by atoms with Crippen LogP contribution in [0.15, 0.2) is 76.7 Å². The Morgan fingerprint density at radius 3 is 2.18 bits per heavy atom. The molecule has 22 heavy (non-hydrogen) atoms. The second-order valence-corrected chi connectivity index (χ2v) is 6.06. The van der Waals surface area contributed by atoms with Crippen LogP contribution in [0.25, 0.3) is 22.3 Å². The van der Waals surface area contributed by atoms with Crippen molar-refractivity contribution in [2.45, 2.75) is 4.90 Å². The Bertz CT molecular complexity index is 853. The quantitative estimate of drug-likeness (QED) is 0.667. The monoisotopic (exact) mass is 307 g/mol. The van der Waals surface area contributed by atoms with Crippen LogP contribution in [0.5, 0.6) is 0 Å². The first-order valence-corrected chi connectivity index (χ1v) is 8.31. The van der Waals surface area contributed by atoms with Crippen molar-refractivity contribution < 1.29 is 0 Å². The molecule has 0 bridgehead atoms. The van der Waals surface area contributed by atoms with Crippen LogP contribution in [0, 0.1) is 0 Å². The van der Waals surface area contributed by atoms with Gasteiger partial charge in [-0.2, -0.15) is 0 Å². The fourth-order valence-corrected chi connectivity index (χ4v) is 2.99. The molecule has 0 atom stereocenters. The molecule has 0 unspecified atom stereocenters. The van der Waals surface area contributed by atoms with Crippen LogP contribution in [-0.4, -0.2) is 10.8 Å². The number of hydrogen-bond donors (Lipinski definition) is 0. The normalized spacial score (nSPS) is 10.6. The molecule has 1 heterocycles. The van der Waals surface area contributed by atoms with Gasteiger partial charge in [0, 0.05) is 35.5 Å². The van der Waals surface area contributed by atoms with Gasteiger partial charge in [0.1, 0.15) is 0 Å². The highest BCUT2D eigenvalue weighted by molar-refractivity contribution is 7.98. The Morgan fingerprint density at radius 2 is 1.50 bits per heavy atom. The lowest BCUT2D eigenvalue weighted by Crippen LogP contribution is -2.11. The summed E-state index contributed by atoms with van der Waals surface area (Å²) in [6, 6.07) is 17.9. The van der Waals surface area contributed by atoms with Gasteiger partial charge in [0.25, 0.3) is 0 Å². The number of benzene rings is 2. The Morgan fingerprint density at radius 1 is 0.864 bits per heavy atom. The van der Waals surface area contributed by atoms with Crippen LogP contribution in [-0.2, 0) is 7.05 Å². The molecule has 0 aliphatic rings. The average Bonchev–Trinajstić information content (AvgIpc) is 2.57. The van der Waals surface area contributed by atoms with E-state index in [0.29, 0.717) is 0 Å². The van der Waals surface area contributed by atoms with Crippen LogP contribution in [0.1, 0.15) is 0 Å². The Kier molecular flexibility index (Phi) is 4.16. The minimum absolute atomic E-state index is 0.0718. The van der Waals surface area contributed by atoms with Crippen LogP contribution in [0.4, 0.5) is 0 Å². The first-order chi connectivity index (χ1) is 10.7. The molecular formula is C19H17NOS. The van der Waals surface area contributed by atoms with Crippen molar-refractivity contribution in [1.82, 2.24) is 4.57 Å². The first kappa shape index (κ1) is 14.7. The summed E-state index contributed by atoms with van der Waals surface area (Å²) in [5, 5.41) is 0. The molecule has 1 aromatic heterocycles. The molecule has 110 valence electrons. The van der Waals surface area contributed by atoms with Gasteiger partial charge in [-0.1, -0.05) is 42.5 Å².